The summed E-state index contributed by atoms with van der Waals surface area (Å²) in [5, 5.41) is 8.43. The number of nitrogens with zero attached hydrogens (tertiary/aromatic N) is 5. The van der Waals surface area contributed by atoms with Gasteiger partial charge in [0.25, 0.3) is 5.56 Å². The highest BCUT2D eigenvalue weighted by Crippen LogP contribution is 2.09. The molecule has 0 aliphatic carbocycles. The minimum atomic E-state index is -0.460. The minimum Gasteiger partial charge on any atom is -0.293 e. The molecule has 2 heterocycles. The molecule has 0 aliphatic heterocycles. The highest BCUT2D eigenvalue weighted by atomic mass is 19.1. The lowest BCUT2D eigenvalue weighted by molar-refractivity contribution is 0.628. The Morgan fingerprint density at radius 1 is 1.04 bits per heavy atom. The molecule has 0 saturated heterocycles. The Balaban J connectivity index is 1.59. The van der Waals surface area contributed by atoms with Crippen molar-refractivity contribution in [2.45, 2.75) is 13.1 Å². The van der Waals surface area contributed by atoms with Crippen LogP contribution >= 0.6 is 0 Å². The van der Waals surface area contributed by atoms with E-state index in [0.29, 0.717) is 17.8 Å². The van der Waals surface area contributed by atoms with Crippen LogP contribution < -0.4 is 5.56 Å². The summed E-state index contributed by atoms with van der Waals surface area (Å²) in [7, 11) is 0. The van der Waals surface area contributed by atoms with E-state index in [1.165, 1.54) is 29.1 Å². The molecule has 0 amide bonds. The maximum absolute atomic E-state index is 13.4. The summed E-state index contributed by atoms with van der Waals surface area (Å²) in [6, 6.07) is 13.9. The molecule has 0 aliphatic rings. The van der Waals surface area contributed by atoms with Crippen LogP contribution in [0.2, 0.25) is 0 Å². The van der Waals surface area contributed by atoms with E-state index in [2.05, 4.69) is 15.3 Å². The molecule has 124 valence electrons. The second kappa shape index (κ2) is 6.27. The predicted molar refractivity (Wildman–Crippen MR) is 90.6 cm³/mol. The summed E-state index contributed by atoms with van der Waals surface area (Å²) >= 11 is 0. The monoisotopic (exact) mass is 335 g/mol. The van der Waals surface area contributed by atoms with Crippen LogP contribution in [0.25, 0.3) is 10.9 Å². The van der Waals surface area contributed by atoms with E-state index >= 15 is 0 Å². The van der Waals surface area contributed by atoms with Gasteiger partial charge in [-0.05, 0) is 23.8 Å². The van der Waals surface area contributed by atoms with Gasteiger partial charge in [-0.25, -0.2) is 14.1 Å². The minimum absolute atomic E-state index is 0.229. The second-order valence-electron chi connectivity index (χ2n) is 5.73. The fourth-order valence-corrected chi connectivity index (χ4v) is 2.68. The van der Waals surface area contributed by atoms with E-state index in [9.17, 15) is 9.18 Å². The van der Waals surface area contributed by atoms with E-state index in [1.54, 1.807) is 10.9 Å². The summed E-state index contributed by atoms with van der Waals surface area (Å²) in [4.78, 5) is 16.7. The fraction of sp³-hybridized carbons (Fsp3) is 0.111. The lowest BCUT2D eigenvalue weighted by Gasteiger charge is -2.04. The number of hydrogen-bond donors (Lipinski definition) is 0. The van der Waals surface area contributed by atoms with Crippen molar-refractivity contribution in [1.82, 2.24) is 24.5 Å². The predicted octanol–water partition coefficient (Wildman–Crippen LogP) is 2.22. The maximum Gasteiger partial charge on any atom is 0.261 e. The van der Waals surface area contributed by atoms with Gasteiger partial charge in [0.05, 0.1) is 36.5 Å². The summed E-state index contributed by atoms with van der Waals surface area (Å²) in [6.45, 7) is 0.830. The van der Waals surface area contributed by atoms with Gasteiger partial charge in [-0.2, -0.15) is 0 Å². The summed E-state index contributed by atoms with van der Waals surface area (Å²) in [5.74, 6) is -0.460. The van der Waals surface area contributed by atoms with Crippen LogP contribution in [0, 0.1) is 5.82 Å². The highest BCUT2D eigenvalue weighted by molar-refractivity contribution is 5.77. The Morgan fingerprint density at radius 3 is 2.72 bits per heavy atom. The summed E-state index contributed by atoms with van der Waals surface area (Å²) in [6.07, 6.45) is 3.23. The molecule has 6 nitrogen and oxygen atoms in total. The van der Waals surface area contributed by atoms with Gasteiger partial charge < -0.3 is 0 Å². The summed E-state index contributed by atoms with van der Waals surface area (Å²) in [5.41, 5.74) is 1.91. The average Bonchev–Trinajstić information content (AvgIpc) is 3.06. The third-order valence-electron chi connectivity index (χ3n) is 3.89. The SMILES string of the molecule is O=c1c2cc(F)ccc2ncn1Cc1cn(Cc2ccccc2)nn1. The maximum atomic E-state index is 13.4. The standard InChI is InChI=1S/C18H14FN5O/c19-14-6-7-17-16(8-14)18(25)23(12-20-17)10-15-11-24(22-21-15)9-13-4-2-1-3-5-13/h1-8,11-12H,9-10H2. The zero-order valence-corrected chi connectivity index (χ0v) is 13.2. The van der Waals surface area contributed by atoms with Crippen LogP contribution in [0.5, 0.6) is 0 Å². The number of rotatable bonds is 4. The molecule has 4 aromatic rings. The number of hydrogen-bond acceptors (Lipinski definition) is 4. The Hall–Kier alpha value is -3.35. The Kier molecular flexibility index (Phi) is 3.81. The first-order valence-electron chi connectivity index (χ1n) is 7.77. The van der Waals surface area contributed by atoms with Crippen LogP contribution in [0.3, 0.4) is 0 Å². The Labute approximate surface area is 142 Å². The van der Waals surface area contributed by atoms with Crippen molar-refractivity contribution >= 4 is 10.9 Å². The second-order valence-corrected chi connectivity index (χ2v) is 5.73. The molecular weight excluding hydrogens is 321 g/mol. The van der Waals surface area contributed by atoms with Crippen molar-refractivity contribution in [2.24, 2.45) is 0 Å². The van der Waals surface area contributed by atoms with Crippen LogP contribution in [-0.2, 0) is 13.1 Å². The van der Waals surface area contributed by atoms with Crippen LogP contribution in [0.4, 0.5) is 4.39 Å². The fourth-order valence-electron chi connectivity index (χ4n) is 2.68. The normalized spacial score (nSPS) is 11.1. The van der Waals surface area contributed by atoms with E-state index < -0.39 is 5.82 Å². The molecule has 0 N–H and O–H groups in total. The van der Waals surface area contributed by atoms with Crippen LogP contribution in [-0.4, -0.2) is 24.5 Å². The van der Waals surface area contributed by atoms with Crippen LogP contribution in [0.1, 0.15) is 11.3 Å². The van der Waals surface area contributed by atoms with Gasteiger partial charge in [-0.3, -0.25) is 9.36 Å². The van der Waals surface area contributed by atoms with Gasteiger partial charge in [0.15, 0.2) is 0 Å². The van der Waals surface area contributed by atoms with Crippen molar-refractivity contribution in [1.29, 1.82) is 0 Å². The first-order valence-corrected chi connectivity index (χ1v) is 7.77. The van der Waals surface area contributed by atoms with Gasteiger partial charge in [-0.15, -0.1) is 5.10 Å². The quantitative estimate of drug-likeness (QED) is 0.574. The van der Waals surface area contributed by atoms with Gasteiger partial charge in [0.1, 0.15) is 11.5 Å². The Bertz CT molecular complexity index is 1090. The first-order chi connectivity index (χ1) is 12.2. The average molecular weight is 335 g/mol. The Morgan fingerprint density at radius 2 is 1.88 bits per heavy atom. The number of aromatic nitrogens is 5. The first kappa shape index (κ1) is 15.2. The van der Waals surface area contributed by atoms with Gasteiger partial charge in [-0.1, -0.05) is 35.5 Å². The number of fused-ring (bicyclic) bond motifs is 1. The van der Waals surface area contributed by atoms with Crippen molar-refractivity contribution in [3.05, 3.63) is 88.5 Å². The molecule has 4 rings (SSSR count). The molecule has 7 heteroatoms. The van der Waals surface area contributed by atoms with Gasteiger partial charge in [0.2, 0.25) is 0 Å². The lowest BCUT2D eigenvalue weighted by Crippen LogP contribution is -2.21. The van der Waals surface area contributed by atoms with Crippen molar-refractivity contribution in [2.75, 3.05) is 0 Å². The van der Waals surface area contributed by atoms with E-state index in [4.69, 9.17) is 0 Å². The van der Waals surface area contributed by atoms with Crippen molar-refractivity contribution in [3.63, 3.8) is 0 Å². The van der Waals surface area contributed by atoms with E-state index in [1.807, 2.05) is 30.3 Å². The van der Waals surface area contributed by atoms with Gasteiger partial charge >= 0.3 is 0 Å². The van der Waals surface area contributed by atoms with E-state index in [-0.39, 0.29) is 17.5 Å². The molecule has 0 spiro atoms. The van der Waals surface area contributed by atoms with Crippen molar-refractivity contribution < 1.29 is 4.39 Å². The molecule has 0 saturated carbocycles. The third kappa shape index (κ3) is 3.16. The molecule has 0 unspecified atom stereocenters. The smallest absolute Gasteiger partial charge is 0.261 e. The molecule has 0 bridgehead atoms. The molecule has 2 aromatic heterocycles. The largest absolute Gasteiger partial charge is 0.293 e. The van der Waals surface area contributed by atoms with Gasteiger partial charge in [0, 0.05) is 0 Å². The lowest BCUT2D eigenvalue weighted by atomic mass is 10.2. The molecule has 2 aromatic carbocycles. The molecule has 0 atom stereocenters. The van der Waals surface area contributed by atoms with Crippen LogP contribution in [0.15, 0.2) is 65.8 Å². The topological polar surface area (TPSA) is 65.6 Å². The van der Waals surface area contributed by atoms with E-state index in [0.717, 1.165) is 5.56 Å². The molecule has 0 fully saturated rings. The molecule has 25 heavy (non-hydrogen) atoms. The third-order valence-corrected chi connectivity index (χ3v) is 3.89. The molecular formula is C18H14FN5O. The zero-order chi connectivity index (χ0) is 17.2. The number of benzene rings is 2. The highest BCUT2D eigenvalue weighted by Gasteiger charge is 2.08. The number of halogens is 1. The zero-order valence-electron chi connectivity index (χ0n) is 13.2. The molecule has 0 radical (unpaired) electrons. The van der Waals surface area contributed by atoms with Crippen molar-refractivity contribution in [3.8, 4) is 0 Å². The summed E-state index contributed by atoms with van der Waals surface area (Å²) < 4.78 is 16.5.